The van der Waals surface area contributed by atoms with Crippen molar-refractivity contribution in [3.8, 4) is 0 Å². The summed E-state index contributed by atoms with van der Waals surface area (Å²) in [5, 5.41) is 19.5. The number of rotatable bonds is 5. The zero-order chi connectivity index (χ0) is 11.4. The minimum absolute atomic E-state index is 0.0751. The molecule has 1 aromatic heterocycles. The van der Waals surface area contributed by atoms with Crippen molar-refractivity contribution in [1.82, 2.24) is 0 Å². The summed E-state index contributed by atoms with van der Waals surface area (Å²) in [5.41, 5.74) is 0.570. The van der Waals surface area contributed by atoms with Crippen molar-refractivity contribution in [1.29, 1.82) is 0 Å². The van der Waals surface area contributed by atoms with Crippen LogP contribution in [0.5, 0.6) is 0 Å². The minimum Gasteiger partial charge on any atom is -0.314 e. The van der Waals surface area contributed by atoms with Gasteiger partial charge in [-0.25, -0.2) is 0 Å². The van der Waals surface area contributed by atoms with Crippen molar-refractivity contribution < 1.29 is 14.8 Å². The molecule has 0 amide bonds. The van der Waals surface area contributed by atoms with E-state index in [1.807, 2.05) is 0 Å². The van der Waals surface area contributed by atoms with E-state index < -0.39 is 10.0 Å². The standard InChI is InChI=1S/C7H8N2O5S/c1-5-4-6(2-3-14-9(12)13)15-7(5)8(10)11/h4H,2-3H2,1H3. The van der Waals surface area contributed by atoms with E-state index in [9.17, 15) is 20.2 Å². The molecule has 82 valence electrons. The molecule has 0 bridgehead atoms. The van der Waals surface area contributed by atoms with Crippen LogP contribution < -0.4 is 0 Å². The van der Waals surface area contributed by atoms with Gasteiger partial charge in [-0.05, 0) is 13.0 Å². The maximum absolute atomic E-state index is 10.5. The van der Waals surface area contributed by atoms with E-state index in [-0.39, 0.29) is 11.6 Å². The average Bonchev–Trinajstić information content (AvgIpc) is 2.46. The Bertz CT molecular complexity index is 389. The fourth-order valence-electron chi connectivity index (χ4n) is 1.06. The van der Waals surface area contributed by atoms with E-state index in [0.717, 1.165) is 11.3 Å². The summed E-state index contributed by atoms with van der Waals surface area (Å²) in [6, 6.07) is 1.64. The molecule has 0 aromatic carbocycles. The van der Waals surface area contributed by atoms with Crippen molar-refractivity contribution in [3.63, 3.8) is 0 Å². The smallest absolute Gasteiger partial charge is 0.314 e. The molecule has 0 aliphatic carbocycles. The van der Waals surface area contributed by atoms with Gasteiger partial charge in [0.15, 0.2) is 0 Å². The molecule has 0 aliphatic rings. The first-order chi connectivity index (χ1) is 7.00. The normalized spacial score (nSPS) is 9.93. The van der Waals surface area contributed by atoms with E-state index in [1.165, 1.54) is 0 Å². The Hall–Kier alpha value is -1.70. The first-order valence-corrected chi connectivity index (χ1v) is 4.83. The summed E-state index contributed by atoms with van der Waals surface area (Å²) in [4.78, 5) is 24.7. The molecule has 0 spiro atoms. The Balaban J connectivity index is 2.59. The Morgan fingerprint density at radius 2 is 2.13 bits per heavy atom. The molecule has 0 saturated carbocycles. The summed E-state index contributed by atoms with van der Waals surface area (Å²) in [6.45, 7) is 1.55. The summed E-state index contributed by atoms with van der Waals surface area (Å²) >= 11 is 1.02. The van der Waals surface area contributed by atoms with Gasteiger partial charge in [-0.3, -0.25) is 10.1 Å². The fraction of sp³-hybridized carbons (Fsp3) is 0.429. The molecule has 1 rings (SSSR count). The van der Waals surface area contributed by atoms with E-state index in [2.05, 4.69) is 4.84 Å². The molecule has 0 radical (unpaired) electrons. The molecule has 8 heteroatoms. The van der Waals surface area contributed by atoms with Gasteiger partial charge in [0.25, 0.3) is 5.09 Å². The summed E-state index contributed by atoms with van der Waals surface area (Å²) in [7, 11) is 0. The van der Waals surface area contributed by atoms with Gasteiger partial charge in [0.1, 0.15) is 6.61 Å². The van der Waals surface area contributed by atoms with Crippen LogP contribution in [0.1, 0.15) is 10.4 Å². The van der Waals surface area contributed by atoms with Crippen molar-refractivity contribution >= 4 is 16.3 Å². The van der Waals surface area contributed by atoms with Crippen molar-refractivity contribution in [2.75, 3.05) is 6.61 Å². The number of thiophene rings is 1. The molecule has 0 unspecified atom stereocenters. The van der Waals surface area contributed by atoms with Gasteiger partial charge in [-0.15, -0.1) is 10.1 Å². The highest BCUT2D eigenvalue weighted by Gasteiger charge is 2.15. The monoisotopic (exact) mass is 232 g/mol. The predicted octanol–water partition coefficient (Wildman–Crippen LogP) is 1.72. The summed E-state index contributed by atoms with van der Waals surface area (Å²) in [6.07, 6.45) is 0.306. The first kappa shape index (κ1) is 11.4. The lowest BCUT2D eigenvalue weighted by Gasteiger charge is -1.94. The Labute approximate surface area is 88.5 Å². The van der Waals surface area contributed by atoms with Crippen LogP contribution in [0.3, 0.4) is 0 Å². The third-order valence-electron chi connectivity index (χ3n) is 1.65. The first-order valence-electron chi connectivity index (χ1n) is 4.01. The Morgan fingerprint density at radius 1 is 1.47 bits per heavy atom. The van der Waals surface area contributed by atoms with E-state index >= 15 is 0 Å². The second-order valence-electron chi connectivity index (χ2n) is 2.76. The van der Waals surface area contributed by atoms with Crippen molar-refractivity contribution in [3.05, 3.63) is 36.7 Å². The summed E-state index contributed by atoms with van der Waals surface area (Å²) < 4.78 is 0. The SMILES string of the molecule is Cc1cc(CCO[N+](=O)[O-])sc1[N+](=O)[O-]. The molecule has 0 saturated heterocycles. The molecular formula is C7H8N2O5S. The second kappa shape index (κ2) is 4.69. The predicted molar refractivity (Wildman–Crippen MR) is 52.4 cm³/mol. The molecule has 15 heavy (non-hydrogen) atoms. The number of aryl methyl sites for hydroxylation is 1. The molecule has 1 aromatic rings. The zero-order valence-electron chi connectivity index (χ0n) is 7.84. The lowest BCUT2D eigenvalue weighted by Crippen LogP contribution is -2.03. The quantitative estimate of drug-likeness (QED) is 0.568. The average molecular weight is 232 g/mol. The maximum Gasteiger partial charge on any atom is 0.327 e. The van der Waals surface area contributed by atoms with Gasteiger partial charge < -0.3 is 4.84 Å². The molecule has 0 aliphatic heterocycles. The minimum atomic E-state index is -0.880. The zero-order valence-corrected chi connectivity index (χ0v) is 8.65. The number of nitro groups is 1. The number of nitrogens with zero attached hydrogens (tertiary/aromatic N) is 2. The molecule has 0 atom stereocenters. The Morgan fingerprint density at radius 3 is 2.60 bits per heavy atom. The number of hydrogen-bond acceptors (Lipinski definition) is 6. The van der Waals surface area contributed by atoms with E-state index in [0.29, 0.717) is 16.9 Å². The highest BCUT2D eigenvalue weighted by Crippen LogP contribution is 2.29. The molecule has 1 heterocycles. The van der Waals surface area contributed by atoms with Gasteiger partial charge in [0.2, 0.25) is 0 Å². The van der Waals surface area contributed by atoms with Crippen LogP contribution in [-0.4, -0.2) is 16.6 Å². The van der Waals surface area contributed by atoms with Gasteiger partial charge in [-0.1, -0.05) is 11.3 Å². The third kappa shape index (κ3) is 3.17. The molecule has 0 N–H and O–H groups in total. The van der Waals surface area contributed by atoms with Crippen molar-refractivity contribution in [2.45, 2.75) is 13.3 Å². The van der Waals surface area contributed by atoms with Crippen LogP contribution in [-0.2, 0) is 11.3 Å². The van der Waals surface area contributed by atoms with Crippen LogP contribution >= 0.6 is 11.3 Å². The largest absolute Gasteiger partial charge is 0.327 e. The van der Waals surface area contributed by atoms with E-state index in [1.54, 1.807) is 13.0 Å². The topological polar surface area (TPSA) is 95.5 Å². The molecule has 7 nitrogen and oxygen atoms in total. The van der Waals surface area contributed by atoms with Crippen molar-refractivity contribution in [2.24, 2.45) is 0 Å². The van der Waals surface area contributed by atoms with Gasteiger partial charge in [-0.2, -0.15) is 0 Å². The van der Waals surface area contributed by atoms with Crippen LogP contribution in [0.4, 0.5) is 5.00 Å². The highest BCUT2D eigenvalue weighted by atomic mass is 32.1. The van der Waals surface area contributed by atoms with Gasteiger partial charge >= 0.3 is 5.00 Å². The second-order valence-corrected chi connectivity index (χ2v) is 3.88. The molecule has 0 fully saturated rings. The van der Waals surface area contributed by atoms with E-state index in [4.69, 9.17) is 0 Å². The number of hydrogen-bond donors (Lipinski definition) is 0. The third-order valence-corrected chi connectivity index (χ3v) is 2.90. The van der Waals surface area contributed by atoms with Crippen LogP contribution in [0.15, 0.2) is 6.07 Å². The lowest BCUT2D eigenvalue weighted by atomic mass is 10.3. The Kier molecular flexibility index (Phi) is 3.56. The van der Waals surface area contributed by atoms with Crippen LogP contribution in [0.25, 0.3) is 0 Å². The lowest BCUT2D eigenvalue weighted by molar-refractivity contribution is -0.757. The fourth-order valence-corrected chi connectivity index (χ4v) is 2.03. The van der Waals surface area contributed by atoms with Crippen LogP contribution in [0.2, 0.25) is 0 Å². The highest BCUT2D eigenvalue weighted by molar-refractivity contribution is 7.15. The summed E-state index contributed by atoms with van der Waals surface area (Å²) in [5.74, 6) is 0. The maximum atomic E-state index is 10.5. The van der Waals surface area contributed by atoms with Gasteiger partial charge in [0, 0.05) is 16.9 Å². The van der Waals surface area contributed by atoms with Gasteiger partial charge in [0.05, 0.1) is 4.92 Å². The van der Waals surface area contributed by atoms with Crippen LogP contribution in [0, 0.1) is 27.2 Å². The molecular weight excluding hydrogens is 224 g/mol.